The third kappa shape index (κ3) is 3.18. The molecule has 3 aliphatic rings. The van der Waals surface area contributed by atoms with E-state index in [0.717, 1.165) is 36.3 Å². The second-order valence-electron chi connectivity index (χ2n) is 7.90. The molecule has 2 bridgehead atoms. The first-order valence-corrected chi connectivity index (χ1v) is 10.4. The molecule has 31 heavy (non-hydrogen) atoms. The maximum atomic E-state index is 12.7. The number of amides is 1. The summed E-state index contributed by atoms with van der Waals surface area (Å²) in [5.41, 5.74) is 0.340. The normalized spacial score (nSPS) is 23.6. The Morgan fingerprint density at radius 3 is 2.71 bits per heavy atom. The molecule has 3 aliphatic carbocycles. The van der Waals surface area contributed by atoms with Gasteiger partial charge in [0.1, 0.15) is 0 Å². The number of ether oxygens (including phenoxy) is 2. The summed E-state index contributed by atoms with van der Waals surface area (Å²) in [7, 11) is 3.09. The Kier molecular flexibility index (Phi) is 4.38. The zero-order chi connectivity index (χ0) is 21.8. The van der Waals surface area contributed by atoms with Gasteiger partial charge in [-0.25, -0.2) is 9.48 Å². The predicted octanol–water partition coefficient (Wildman–Crippen LogP) is 1.98. The van der Waals surface area contributed by atoms with E-state index in [1.54, 1.807) is 18.0 Å². The first-order valence-electron chi connectivity index (χ1n) is 9.57. The second kappa shape index (κ2) is 6.89. The molecule has 162 valence electrons. The van der Waals surface area contributed by atoms with Crippen LogP contribution < -0.4 is 21.0 Å². The zero-order valence-corrected chi connectivity index (χ0v) is 17.9. The van der Waals surface area contributed by atoms with Gasteiger partial charge in [0.2, 0.25) is 16.0 Å². The minimum Gasteiger partial charge on any atom is -0.488 e. The summed E-state index contributed by atoms with van der Waals surface area (Å²) < 4.78 is 17.5. The lowest BCUT2D eigenvalue weighted by Gasteiger charge is -2.69. The van der Waals surface area contributed by atoms with E-state index in [-0.39, 0.29) is 27.8 Å². The minimum absolute atomic E-state index is 0.0279. The van der Waals surface area contributed by atoms with Gasteiger partial charge in [0, 0.05) is 30.6 Å². The number of rotatable bonds is 7. The van der Waals surface area contributed by atoms with Gasteiger partial charge in [0.25, 0.3) is 5.91 Å². The van der Waals surface area contributed by atoms with Gasteiger partial charge in [-0.3, -0.25) is 10.1 Å². The van der Waals surface area contributed by atoms with E-state index in [2.05, 4.69) is 25.9 Å². The molecule has 1 amide bonds. The fourth-order valence-corrected chi connectivity index (χ4v) is 5.05. The number of hydrogen-bond acceptors (Lipinski definition) is 10. The smallest absolute Gasteiger partial charge is 0.381 e. The van der Waals surface area contributed by atoms with Crippen LogP contribution >= 0.6 is 11.3 Å². The number of aryl methyl sites for hydroxylation is 1. The van der Waals surface area contributed by atoms with Crippen molar-refractivity contribution in [2.75, 3.05) is 24.9 Å². The molecule has 2 N–H and O–H groups in total. The van der Waals surface area contributed by atoms with E-state index in [1.807, 2.05) is 13.0 Å². The van der Waals surface area contributed by atoms with Crippen LogP contribution in [0.15, 0.2) is 27.5 Å². The van der Waals surface area contributed by atoms with Crippen LogP contribution in [0.4, 0.5) is 10.8 Å². The average molecular weight is 444 g/mol. The number of methoxy groups -OCH3 is 2. The van der Waals surface area contributed by atoms with Crippen LogP contribution in [-0.2, 0) is 4.74 Å². The van der Waals surface area contributed by atoms with Gasteiger partial charge in [0.05, 0.1) is 18.4 Å². The Morgan fingerprint density at radius 1 is 1.29 bits per heavy atom. The Hall–Kier alpha value is -3.25. The molecule has 0 radical (unpaired) electrons. The van der Waals surface area contributed by atoms with Gasteiger partial charge in [-0.15, -0.1) is 10.2 Å². The lowest BCUT2D eigenvalue weighted by Crippen LogP contribution is -2.76. The van der Waals surface area contributed by atoms with Gasteiger partial charge < -0.3 is 19.2 Å². The van der Waals surface area contributed by atoms with Crippen molar-refractivity contribution >= 4 is 28.1 Å². The average Bonchev–Trinajstić information content (AvgIpc) is 3.31. The summed E-state index contributed by atoms with van der Waals surface area (Å²) in [5, 5.41) is 18.9. The van der Waals surface area contributed by atoms with Crippen LogP contribution in [0.2, 0.25) is 0 Å². The van der Waals surface area contributed by atoms with Gasteiger partial charge in [-0.05, 0) is 32.3 Å². The summed E-state index contributed by atoms with van der Waals surface area (Å²) in [6.07, 6.45) is 4.15. The Bertz CT molecular complexity index is 1210. The number of anilines is 2. The summed E-state index contributed by atoms with van der Waals surface area (Å²) in [6, 6.07) is 3.30. The van der Waals surface area contributed by atoms with Crippen LogP contribution in [0.3, 0.4) is 0 Å². The Balaban J connectivity index is 1.36. The monoisotopic (exact) mass is 444 g/mol. The quantitative estimate of drug-likeness (QED) is 0.561. The maximum absolute atomic E-state index is 12.7. The Labute approximate surface area is 180 Å². The first kappa shape index (κ1) is 19.7. The van der Waals surface area contributed by atoms with E-state index < -0.39 is 11.5 Å². The van der Waals surface area contributed by atoms with Gasteiger partial charge in [-0.1, -0.05) is 11.3 Å². The standard InChI is InChI=1S/C19H20N6O5S/c1-10-4-5-20-25(10)17-24-23-16(31-17)21-14(26)12-6-11(13(28-2)15(27)30-12)22-18-7-19(8-18,9-18)29-3/h4-6,22H,7-9H2,1-3H3,(H,21,23,26). The number of nitrogens with zero attached hydrogens (tertiary/aromatic N) is 4. The van der Waals surface area contributed by atoms with Crippen molar-refractivity contribution in [1.29, 1.82) is 0 Å². The number of carbonyl (C=O) groups excluding carboxylic acids is 1. The van der Waals surface area contributed by atoms with Crippen molar-refractivity contribution in [3.05, 3.63) is 40.2 Å². The van der Waals surface area contributed by atoms with E-state index in [1.165, 1.54) is 13.2 Å². The molecule has 11 nitrogen and oxygen atoms in total. The van der Waals surface area contributed by atoms with E-state index in [9.17, 15) is 9.59 Å². The summed E-state index contributed by atoms with van der Waals surface area (Å²) >= 11 is 1.15. The maximum Gasteiger partial charge on any atom is 0.381 e. The van der Waals surface area contributed by atoms with Gasteiger partial charge in [-0.2, -0.15) is 5.10 Å². The zero-order valence-electron chi connectivity index (χ0n) is 17.1. The number of carbonyl (C=O) groups is 1. The lowest BCUT2D eigenvalue weighted by molar-refractivity contribution is -0.215. The highest BCUT2D eigenvalue weighted by molar-refractivity contribution is 7.17. The fraction of sp³-hybridized carbons (Fsp3) is 0.421. The first-order chi connectivity index (χ1) is 14.9. The topological polar surface area (TPSA) is 133 Å². The van der Waals surface area contributed by atoms with Crippen molar-refractivity contribution in [3.63, 3.8) is 0 Å². The summed E-state index contributed by atoms with van der Waals surface area (Å²) in [4.78, 5) is 25.1. The largest absolute Gasteiger partial charge is 0.488 e. The number of nitrogens with one attached hydrogen (secondary N) is 2. The van der Waals surface area contributed by atoms with Crippen molar-refractivity contribution in [3.8, 4) is 10.9 Å². The second-order valence-corrected chi connectivity index (χ2v) is 8.85. The molecule has 0 unspecified atom stereocenters. The van der Waals surface area contributed by atoms with Crippen molar-refractivity contribution in [2.24, 2.45) is 0 Å². The molecule has 12 heteroatoms. The molecule has 0 aromatic carbocycles. The van der Waals surface area contributed by atoms with Crippen LogP contribution in [0, 0.1) is 6.92 Å². The highest BCUT2D eigenvalue weighted by Crippen LogP contribution is 2.63. The van der Waals surface area contributed by atoms with E-state index in [4.69, 9.17) is 13.9 Å². The molecular weight excluding hydrogens is 424 g/mol. The van der Waals surface area contributed by atoms with Crippen LogP contribution in [0.5, 0.6) is 5.75 Å². The molecule has 3 aromatic rings. The number of aromatic nitrogens is 4. The van der Waals surface area contributed by atoms with Gasteiger partial charge in [0.15, 0.2) is 5.76 Å². The van der Waals surface area contributed by atoms with Crippen molar-refractivity contribution < 1.29 is 18.7 Å². The molecular formula is C19H20N6O5S. The van der Waals surface area contributed by atoms with Crippen molar-refractivity contribution in [1.82, 2.24) is 20.0 Å². The summed E-state index contributed by atoms with van der Waals surface area (Å²) in [5.74, 6) is -0.748. The molecule has 3 aromatic heterocycles. The lowest BCUT2D eigenvalue weighted by atomic mass is 9.46. The van der Waals surface area contributed by atoms with Crippen molar-refractivity contribution in [2.45, 2.75) is 37.3 Å². The van der Waals surface area contributed by atoms with Gasteiger partial charge >= 0.3 is 5.63 Å². The van der Waals surface area contributed by atoms with Crippen LogP contribution in [0.1, 0.15) is 35.5 Å². The molecule has 0 atom stereocenters. The molecule has 6 rings (SSSR count). The Morgan fingerprint density at radius 2 is 2.06 bits per heavy atom. The predicted molar refractivity (Wildman–Crippen MR) is 111 cm³/mol. The molecule has 0 aliphatic heterocycles. The third-order valence-corrected chi connectivity index (χ3v) is 6.61. The number of hydrogen-bond donors (Lipinski definition) is 2. The SMILES string of the molecule is COc1c(NC23CC(OC)(C2)C3)cc(C(=O)Nc2nnc(-n3nccc3C)s2)oc1=O. The minimum atomic E-state index is -0.740. The van der Waals surface area contributed by atoms with Crippen LogP contribution in [-0.4, -0.2) is 51.2 Å². The van der Waals surface area contributed by atoms with Crippen LogP contribution in [0.25, 0.3) is 5.13 Å². The highest BCUT2D eigenvalue weighted by atomic mass is 32.1. The highest BCUT2D eigenvalue weighted by Gasteiger charge is 2.69. The molecule has 0 spiro atoms. The molecule has 3 heterocycles. The molecule has 3 fully saturated rings. The molecule has 0 saturated heterocycles. The fourth-order valence-electron chi connectivity index (χ4n) is 4.29. The third-order valence-electron chi connectivity index (χ3n) is 5.80. The summed E-state index contributed by atoms with van der Waals surface area (Å²) in [6.45, 7) is 1.88. The van der Waals surface area contributed by atoms with E-state index >= 15 is 0 Å². The molecule has 3 saturated carbocycles. The van der Waals surface area contributed by atoms with E-state index in [0.29, 0.717) is 10.8 Å².